The van der Waals surface area contributed by atoms with Gasteiger partial charge in [-0.3, -0.25) is 5.10 Å². The molecule has 0 saturated carbocycles. The van der Waals surface area contributed by atoms with Crippen LogP contribution in [0.3, 0.4) is 0 Å². The van der Waals surface area contributed by atoms with E-state index in [1.165, 1.54) is 6.33 Å². The van der Waals surface area contributed by atoms with E-state index in [0.717, 1.165) is 24.4 Å². The minimum atomic E-state index is 0.00314. The van der Waals surface area contributed by atoms with E-state index < -0.39 is 0 Å². The van der Waals surface area contributed by atoms with E-state index in [2.05, 4.69) is 25.5 Å². The Morgan fingerprint density at radius 1 is 1.40 bits per heavy atom. The molecule has 2 atom stereocenters. The summed E-state index contributed by atoms with van der Waals surface area (Å²) in [5.41, 5.74) is 1.30. The number of pyridine rings is 1. The fourth-order valence-corrected chi connectivity index (χ4v) is 2.22. The molecule has 0 radical (unpaired) electrons. The quantitative estimate of drug-likeness (QED) is 0.871. The van der Waals surface area contributed by atoms with Crippen molar-refractivity contribution in [2.24, 2.45) is 0 Å². The van der Waals surface area contributed by atoms with E-state index in [1.807, 2.05) is 12.1 Å². The van der Waals surface area contributed by atoms with Gasteiger partial charge >= 0.3 is 0 Å². The summed E-state index contributed by atoms with van der Waals surface area (Å²) < 4.78 is 5.90. The van der Waals surface area contributed by atoms with E-state index >= 15 is 0 Å². The number of nitriles is 1. The summed E-state index contributed by atoms with van der Waals surface area (Å²) >= 11 is 0. The number of H-pyrrole nitrogens is 1. The van der Waals surface area contributed by atoms with Gasteiger partial charge in [-0.2, -0.15) is 10.4 Å². The van der Waals surface area contributed by atoms with Gasteiger partial charge in [-0.25, -0.2) is 9.97 Å². The fraction of sp³-hybridized carbons (Fsp3) is 0.385. The highest BCUT2D eigenvalue weighted by Gasteiger charge is 2.28. The first kappa shape index (κ1) is 12.6. The van der Waals surface area contributed by atoms with Crippen molar-refractivity contribution in [3.05, 3.63) is 36.2 Å². The summed E-state index contributed by atoms with van der Waals surface area (Å²) in [6.45, 7) is 0.707. The zero-order valence-electron chi connectivity index (χ0n) is 10.8. The number of aromatic amines is 1. The molecule has 2 N–H and O–H groups in total. The van der Waals surface area contributed by atoms with Gasteiger partial charge in [0, 0.05) is 6.54 Å². The van der Waals surface area contributed by atoms with Crippen LogP contribution in [0.5, 0.6) is 0 Å². The normalized spacial score (nSPS) is 21.6. The predicted octanol–water partition coefficient (Wildman–Crippen LogP) is 1.40. The first-order valence-electron chi connectivity index (χ1n) is 6.46. The Kier molecular flexibility index (Phi) is 3.56. The topological polar surface area (TPSA) is 99.5 Å². The van der Waals surface area contributed by atoms with Gasteiger partial charge in [0.1, 0.15) is 24.2 Å². The molecule has 0 aromatic carbocycles. The lowest BCUT2D eigenvalue weighted by Gasteiger charge is -2.13. The SMILES string of the molecule is N#Cc1ccc(NC[C@H]2CC[C@@H](c3ncn[nH]3)O2)cn1. The Morgan fingerprint density at radius 3 is 3.05 bits per heavy atom. The number of anilines is 1. The molecule has 1 aliphatic heterocycles. The minimum Gasteiger partial charge on any atom is -0.381 e. The highest BCUT2D eigenvalue weighted by molar-refractivity contribution is 5.42. The number of hydrogen-bond donors (Lipinski definition) is 2. The number of nitrogens with one attached hydrogen (secondary N) is 2. The molecule has 0 aliphatic carbocycles. The minimum absolute atomic E-state index is 0.00314. The molecule has 2 aromatic rings. The van der Waals surface area contributed by atoms with E-state index in [9.17, 15) is 0 Å². The summed E-state index contributed by atoms with van der Waals surface area (Å²) in [4.78, 5) is 8.13. The predicted molar refractivity (Wildman–Crippen MR) is 70.7 cm³/mol. The Balaban J connectivity index is 1.51. The standard InChI is InChI=1S/C13H14N6O/c14-5-9-1-2-10(6-15-9)16-7-11-3-4-12(20-11)13-17-8-18-19-13/h1-2,6,8,11-12,16H,3-4,7H2,(H,17,18,19)/t11-,12+/m1/s1. The molecular weight excluding hydrogens is 256 g/mol. The third-order valence-electron chi connectivity index (χ3n) is 3.26. The van der Waals surface area contributed by atoms with Crippen molar-refractivity contribution in [3.8, 4) is 6.07 Å². The first-order chi connectivity index (χ1) is 9.85. The summed E-state index contributed by atoms with van der Waals surface area (Å²) in [5.74, 6) is 0.785. The van der Waals surface area contributed by atoms with Crippen LogP contribution in [0.4, 0.5) is 5.69 Å². The van der Waals surface area contributed by atoms with Crippen molar-refractivity contribution in [1.82, 2.24) is 20.2 Å². The average molecular weight is 270 g/mol. The summed E-state index contributed by atoms with van der Waals surface area (Å²) in [6.07, 6.45) is 5.20. The van der Waals surface area contributed by atoms with E-state index in [1.54, 1.807) is 12.3 Å². The molecule has 1 fully saturated rings. The van der Waals surface area contributed by atoms with Crippen molar-refractivity contribution in [1.29, 1.82) is 5.26 Å². The van der Waals surface area contributed by atoms with Crippen molar-refractivity contribution in [2.75, 3.05) is 11.9 Å². The van der Waals surface area contributed by atoms with Crippen molar-refractivity contribution < 1.29 is 4.74 Å². The van der Waals surface area contributed by atoms with Crippen LogP contribution in [0.2, 0.25) is 0 Å². The largest absolute Gasteiger partial charge is 0.381 e. The lowest BCUT2D eigenvalue weighted by Crippen LogP contribution is -2.19. The summed E-state index contributed by atoms with van der Waals surface area (Å²) in [6, 6.07) is 5.52. The number of rotatable bonds is 4. The zero-order valence-corrected chi connectivity index (χ0v) is 10.8. The molecule has 7 nitrogen and oxygen atoms in total. The third kappa shape index (κ3) is 2.75. The van der Waals surface area contributed by atoms with Crippen molar-refractivity contribution >= 4 is 5.69 Å². The van der Waals surface area contributed by atoms with E-state index in [4.69, 9.17) is 10.00 Å². The van der Waals surface area contributed by atoms with Gasteiger partial charge in [0.05, 0.1) is 18.0 Å². The molecule has 3 rings (SSSR count). The zero-order chi connectivity index (χ0) is 13.8. The van der Waals surface area contributed by atoms with Gasteiger partial charge < -0.3 is 10.1 Å². The smallest absolute Gasteiger partial charge is 0.153 e. The molecular formula is C13H14N6O. The van der Waals surface area contributed by atoms with Gasteiger partial charge in [-0.05, 0) is 25.0 Å². The maximum atomic E-state index is 8.68. The lowest BCUT2D eigenvalue weighted by molar-refractivity contribution is 0.0472. The summed E-state index contributed by atoms with van der Waals surface area (Å²) in [7, 11) is 0. The molecule has 0 spiro atoms. The molecule has 0 amide bonds. The fourth-order valence-electron chi connectivity index (χ4n) is 2.22. The maximum Gasteiger partial charge on any atom is 0.153 e. The average Bonchev–Trinajstić information content (AvgIpc) is 3.16. The Labute approximate surface area is 116 Å². The highest BCUT2D eigenvalue weighted by atomic mass is 16.5. The van der Waals surface area contributed by atoms with E-state index in [-0.39, 0.29) is 12.2 Å². The number of aromatic nitrogens is 4. The van der Waals surface area contributed by atoms with Gasteiger partial charge in [0.2, 0.25) is 0 Å². The van der Waals surface area contributed by atoms with Gasteiger partial charge in [-0.1, -0.05) is 0 Å². The summed E-state index contributed by atoms with van der Waals surface area (Å²) in [5, 5.41) is 18.6. The molecule has 102 valence electrons. The Bertz CT molecular complexity index is 588. The molecule has 2 aromatic heterocycles. The molecule has 0 unspecified atom stereocenters. The van der Waals surface area contributed by atoms with Crippen LogP contribution >= 0.6 is 0 Å². The lowest BCUT2D eigenvalue weighted by atomic mass is 10.2. The highest BCUT2D eigenvalue weighted by Crippen LogP contribution is 2.30. The van der Waals surface area contributed by atoms with Crippen molar-refractivity contribution in [2.45, 2.75) is 25.0 Å². The molecule has 7 heteroatoms. The molecule has 20 heavy (non-hydrogen) atoms. The van der Waals surface area contributed by atoms with Crippen LogP contribution in [-0.4, -0.2) is 32.8 Å². The first-order valence-corrected chi connectivity index (χ1v) is 6.46. The molecule has 3 heterocycles. The maximum absolute atomic E-state index is 8.68. The monoisotopic (exact) mass is 270 g/mol. The number of nitrogens with zero attached hydrogens (tertiary/aromatic N) is 4. The molecule has 1 saturated heterocycles. The second-order valence-corrected chi connectivity index (χ2v) is 4.62. The van der Waals surface area contributed by atoms with Gasteiger partial charge in [0.25, 0.3) is 0 Å². The van der Waals surface area contributed by atoms with Crippen LogP contribution < -0.4 is 5.32 Å². The van der Waals surface area contributed by atoms with Crippen LogP contribution in [0, 0.1) is 11.3 Å². The second-order valence-electron chi connectivity index (χ2n) is 4.62. The van der Waals surface area contributed by atoms with Gasteiger partial charge in [-0.15, -0.1) is 0 Å². The molecule has 0 bridgehead atoms. The van der Waals surface area contributed by atoms with Crippen LogP contribution in [0.25, 0.3) is 0 Å². The van der Waals surface area contributed by atoms with E-state index in [0.29, 0.717) is 12.2 Å². The van der Waals surface area contributed by atoms with Crippen LogP contribution in [0.15, 0.2) is 24.7 Å². The second kappa shape index (κ2) is 5.67. The Morgan fingerprint density at radius 2 is 2.35 bits per heavy atom. The third-order valence-corrected chi connectivity index (χ3v) is 3.26. The Hall–Kier alpha value is -2.46. The number of ether oxygens (including phenoxy) is 1. The number of hydrogen-bond acceptors (Lipinski definition) is 6. The molecule has 1 aliphatic rings. The van der Waals surface area contributed by atoms with Crippen LogP contribution in [-0.2, 0) is 4.74 Å². The van der Waals surface area contributed by atoms with Crippen LogP contribution in [0.1, 0.15) is 30.5 Å². The van der Waals surface area contributed by atoms with Gasteiger partial charge in [0.15, 0.2) is 5.82 Å². The van der Waals surface area contributed by atoms with Crippen molar-refractivity contribution in [3.63, 3.8) is 0 Å².